The van der Waals surface area contributed by atoms with E-state index in [4.69, 9.17) is 10.5 Å². The molecule has 0 radical (unpaired) electrons. The van der Waals surface area contributed by atoms with Gasteiger partial charge in [0.2, 0.25) is 0 Å². The van der Waals surface area contributed by atoms with Gasteiger partial charge in [0.15, 0.2) is 0 Å². The summed E-state index contributed by atoms with van der Waals surface area (Å²) in [5.41, 5.74) is 7.57. The lowest BCUT2D eigenvalue weighted by molar-refractivity contribution is 0.414. The minimum Gasteiger partial charge on any atom is -0.497 e. The SMILES string of the molecule is COc1ccc(CNc2ncnc3cc(N)ncc23)cc1. The minimum absolute atomic E-state index is 0.447. The molecule has 3 N–H and O–H groups in total. The number of rotatable bonds is 4. The van der Waals surface area contributed by atoms with Gasteiger partial charge in [-0.3, -0.25) is 0 Å². The molecule has 3 rings (SSSR count). The third-order valence-corrected chi connectivity index (χ3v) is 3.16. The Hall–Kier alpha value is -2.89. The van der Waals surface area contributed by atoms with Gasteiger partial charge >= 0.3 is 0 Å². The van der Waals surface area contributed by atoms with E-state index in [2.05, 4.69) is 20.3 Å². The number of pyridine rings is 1. The number of nitrogens with zero attached hydrogens (tertiary/aromatic N) is 3. The van der Waals surface area contributed by atoms with E-state index in [-0.39, 0.29) is 0 Å². The molecule has 0 amide bonds. The predicted octanol–water partition coefficient (Wildman–Crippen LogP) is 2.23. The molecule has 0 saturated carbocycles. The van der Waals surface area contributed by atoms with Crippen molar-refractivity contribution in [1.29, 1.82) is 0 Å². The molecule has 106 valence electrons. The van der Waals surface area contributed by atoms with Crippen molar-refractivity contribution >= 4 is 22.5 Å². The summed E-state index contributed by atoms with van der Waals surface area (Å²) >= 11 is 0. The summed E-state index contributed by atoms with van der Waals surface area (Å²) in [5.74, 6) is 2.02. The number of fused-ring (bicyclic) bond motifs is 1. The van der Waals surface area contributed by atoms with Gasteiger partial charge in [-0.25, -0.2) is 15.0 Å². The third-order valence-electron chi connectivity index (χ3n) is 3.16. The summed E-state index contributed by atoms with van der Waals surface area (Å²) in [6.07, 6.45) is 3.19. The summed E-state index contributed by atoms with van der Waals surface area (Å²) in [7, 11) is 1.65. The first kappa shape index (κ1) is 13.1. The monoisotopic (exact) mass is 281 g/mol. The Kier molecular flexibility index (Phi) is 3.51. The van der Waals surface area contributed by atoms with E-state index < -0.39 is 0 Å². The number of nitrogen functional groups attached to an aromatic ring is 1. The summed E-state index contributed by atoms with van der Waals surface area (Å²) in [5, 5.41) is 4.14. The van der Waals surface area contributed by atoms with Crippen LogP contribution in [0, 0.1) is 0 Å². The second kappa shape index (κ2) is 5.62. The maximum absolute atomic E-state index is 5.66. The second-order valence-electron chi connectivity index (χ2n) is 4.55. The molecular formula is C15H15N5O. The molecule has 0 bridgehead atoms. The van der Waals surface area contributed by atoms with Crippen molar-refractivity contribution in [3.8, 4) is 5.75 Å². The summed E-state index contributed by atoms with van der Waals surface area (Å²) in [6, 6.07) is 9.60. The Bertz CT molecular complexity index is 758. The Balaban J connectivity index is 1.81. The van der Waals surface area contributed by atoms with Crippen LogP contribution in [0.1, 0.15) is 5.56 Å². The van der Waals surface area contributed by atoms with Gasteiger partial charge in [-0.05, 0) is 17.7 Å². The van der Waals surface area contributed by atoms with Crippen LogP contribution in [0.5, 0.6) is 5.75 Å². The van der Waals surface area contributed by atoms with Gasteiger partial charge in [-0.2, -0.15) is 0 Å². The molecule has 0 saturated heterocycles. The maximum Gasteiger partial charge on any atom is 0.139 e. The highest BCUT2D eigenvalue weighted by Gasteiger charge is 2.04. The lowest BCUT2D eigenvalue weighted by Gasteiger charge is -2.09. The first-order chi connectivity index (χ1) is 10.3. The highest BCUT2D eigenvalue weighted by Crippen LogP contribution is 2.20. The van der Waals surface area contributed by atoms with Crippen LogP contribution >= 0.6 is 0 Å². The zero-order valence-corrected chi connectivity index (χ0v) is 11.6. The van der Waals surface area contributed by atoms with Crippen LogP contribution < -0.4 is 15.8 Å². The highest BCUT2D eigenvalue weighted by molar-refractivity contribution is 5.89. The molecule has 3 aromatic rings. The normalized spacial score (nSPS) is 10.5. The van der Waals surface area contributed by atoms with Crippen molar-refractivity contribution in [1.82, 2.24) is 15.0 Å². The Morgan fingerprint density at radius 2 is 1.95 bits per heavy atom. The van der Waals surface area contributed by atoms with E-state index >= 15 is 0 Å². The molecule has 0 fully saturated rings. The molecule has 6 nitrogen and oxygen atoms in total. The van der Waals surface area contributed by atoms with Gasteiger partial charge in [0.1, 0.15) is 23.7 Å². The van der Waals surface area contributed by atoms with Crippen LogP contribution in [-0.4, -0.2) is 22.1 Å². The molecule has 2 heterocycles. The number of hydrogen-bond acceptors (Lipinski definition) is 6. The summed E-state index contributed by atoms with van der Waals surface area (Å²) < 4.78 is 5.14. The molecule has 0 atom stereocenters. The predicted molar refractivity (Wildman–Crippen MR) is 82.1 cm³/mol. The fraction of sp³-hybridized carbons (Fsp3) is 0.133. The van der Waals surface area contributed by atoms with E-state index in [1.165, 1.54) is 6.33 Å². The van der Waals surface area contributed by atoms with E-state index in [1.807, 2.05) is 24.3 Å². The largest absolute Gasteiger partial charge is 0.497 e. The number of hydrogen-bond donors (Lipinski definition) is 2. The molecule has 6 heteroatoms. The van der Waals surface area contributed by atoms with Gasteiger partial charge in [-0.1, -0.05) is 12.1 Å². The molecule has 0 aliphatic rings. The number of aromatic nitrogens is 3. The van der Waals surface area contributed by atoms with Crippen molar-refractivity contribution in [2.45, 2.75) is 6.54 Å². The van der Waals surface area contributed by atoms with Gasteiger partial charge in [0.05, 0.1) is 18.0 Å². The van der Waals surface area contributed by atoms with Gasteiger partial charge in [-0.15, -0.1) is 0 Å². The molecule has 0 aliphatic heterocycles. The lowest BCUT2D eigenvalue weighted by Crippen LogP contribution is -2.03. The topological polar surface area (TPSA) is 86.0 Å². The van der Waals surface area contributed by atoms with Crippen LogP contribution in [0.2, 0.25) is 0 Å². The average Bonchev–Trinajstić information content (AvgIpc) is 2.53. The molecule has 21 heavy (non-hydrogen) atoms. The van der Waals surface area contributed by atoms with Gasteiger partial charge in [0, 0.05) is 18.8 Å². The first-order valence-electron chi connectivity index (χ1n) is 6.49. The fourth-order valence-corrected chi connectivity index (χ4v) is 2.04. The summed E-state index contributed by atoms with van der Waals surface area (Å²) in [6.45, 7) is 0.653. The molecule has 0 spiro atoms. The van der Waals surface area contributed by atoms with E-state index in [0.717, 1.165) is 28.0 Å². The van der Waals surface area contributed by atoms with Crippen molar-refractivity contribution in [3.05, 3.63) is 48.4 Å². The Morgan fingerprint density at radius 1 is 1.14 bits per heavy atom. The molecule has 2 aromatic heterocycles. The zero-order chi connectivity index (χ0) is 14.7. The molecule has 0 aliphatic carbocycles. The number of anilines is 2. The van der Waals surface area contributed by atoms with Crippen LogP contribution in [0.25, 0.3) is 10.9 Å². The molecule has 1 aromatic carbocycles. The van der Waals surface area contributed by atoms with E-state index in [9.17, 15) is 0 Å². The fourth-order valence-electron chi connectivity index (χ4n) is 2.04. The van der Waals surface area contributed by atoms with Crippen molar-refractivity contribution < 1.29 is 4.74 Å². The quantitative estimate of drug-likeness (QED) is 0.762. The van der Waals surface area contributed by atoms with Crippen LogP contribution in [0.4, 0.5) is 11.6 Å². The Morgan fingerprint density at radius 3 is 2.71 bits per heavy atom. The highest BCUT2D eigenvalue weighted by atomic mass is 16.5. The number of benzene rings is 1. The standard InChI is InChI=1S/C15H15N5O/c1-21-11-4-2-10(3-5-11)7-18-15-12-8-17-14(16)6-13(12)19-9-20-15/h2-6,8-9H,7H2,1H3,(H2,16,17)(H,18,19,20). The van der Waals surface area contributed by atoms with Crippen LogP contribution in [0.3, 0.4) is 0 Å². The van der Waals surface area contributed by atoms with Gasteiger partial charge in [0.25, 0.3) is 0 Å². The maximum atomic E-state index is 5.66. The van der Waals surface area contributed by atoms with Crippen LogP contribution in [0.15, 0.2) is 42.9 Å². The zero-order valence-electron chi connectivity index (χ0n) is 11.6. The average molecular weight is 281 g/mol. The minimum atomic E-state index is 0.447. The van der Waals surface area contributed by atoms with Crippen molar-refractivity contribution in [2.24, 2.45) is 0 Å². The van der Waals surface area contributed by atoms with E-state index in [0.29, 0.717) is 12.4 Å². The van der Waals surface area contributed by atoms with Crippen molar-refractivity contribution in [2.75, 3.05) is 18.2 Å². The lowest BCUT2D eigenvalue weighted by atomic mass is 10.2. The first-order valence-corrected chi connectivity index (χ1v) is 6.49. The van der Waals surface area contributed by atoms with Crippen molar-refractivity contribution in [3.63, 3.8) is 0 Å². The Labute approximate surface area is 122 Å². The smallest absolute Gasteiger partial charge is 0.139 e. The van der Waals surface area contributed by atoms with E-state index in [1.54, 1.807) is 19.4 Å². The van der Waals surface area contributed by atoms with Gasteiger partial charge < -0.3 is 15.8 Å². The molecule has 0 unspecified atom stereocenters. The number of ether oxygens (including phenoxy) is 1. The van der Waals surface area contributed by atoms with Crippen LogP contribution in [-0.2, 0) is 6.54 Å². The third kappa shape index (κ3) is 2.84. The molecular weight excluding hydrogens is 266 g/mol. The number of methoxy groups -OCH3 is 1. The second-order valence-corrected chi connectivity index (χ2v) is 4.55. The number of nitrogens with one attached hydrogen (secondary N) is 1. The summed E-state index contributed by atoms with van der Waals surface area (Å²) in [4.78, 5) is 12.5. The number of nitrogens with two attached hydrogens (primary N) is 1.